The van der Waals surface area contributed by atoms with E-state index in [-0.39, 0.29) is 6.04 Å². The van der Waals surface area contributed by atoms with E-state index in [0.29, 0.717) is 15.8 Å². The number of furan rings is 1. The Labute approximate surface area is 140 Å². The fourth-order valence-electron chi connectivity index (χ4n) is 2.25. The van der Waals surface area contributed by atoms with Crippen molar-refractivity contribution in [1.29, 1.82) is 0 Å². The monoisotopic (exact) mass is 384 g/mol. The summed E-state index contributed by atoms with van der Waals surface area (Å²) in [6.07, 6.45) is 0. The van der Waals surface area contributed by atoms with Crippen LogP contribution in [0.5, 0.6) is 0 Å². The lowest BCUT2D eigenvalue weighted by Crippen LogP contribution is -2.28. The second-order valence-electron chi connectivity index (χ2n) is 4.57. The van der Waals surface area contributed by atoms with Crippen molar-refractivity contribution in [2.24, 2.45) is 5.84 Å². The second-order valence-corrected chi connectivity index (χ2v) is 6.27. The van der Waals surface area contributed by atoms with Gasteiger partial charge in [0, 0.05) is 15.4 Å². The second kappa shape index (κ2) is 5.99. The van der Waals surface area contributed by atoms with Gasteiger partial charge < -0.3 is 4.42 Å². The minimum Gasteiger partial charge on any atom is -0.458 e. The Morgan fingerprint density at radius 2 is 1.95 bits per heavy atom. The van der Waals surface area contributed by atoms with Gasteiger partial charge in [-0.25, -0.2) is 5.43 Å². The molecule has 0 saturated carbocycles. The Hall–Kier alpha value is -1.04. The zero-order valence-electron chi connectivity index (χ0n) is 10.7. The van der Waals surface area contributed by atoms with Gasteiger partial charge in [0.1, 0.15) is 17.4 Å². The molecule has 1 unspecified atom stereocenters. The Morgan fingerprint density at radius 3 is 2.67 bits per heavy atom. The van der Waals surface area contributed by atoms with Crippen LogP contribution in [0.2, 0.25) is 10.0 Å². The first-order valence-electron chi connectivity index (χ1n) is 6.19. The third kappa shape index (κ3) is 2.82. The minimum absolute atomic E-state index is 0.379. The van der Waals surface area contributed by atoms with Gasteiger partial charge in [-0.1, -0.05) is 35.3 Å². The highest BCUT2D eigenvalue weighted by Gasteiger charge is 2.20. The number of hydrogen-bond donors (Lipinski definition) is 2. The first-order chi connectivity index (χ1) is 10.1. The number of para-hydroxylation sites is 1. The Bertz CT molecular complexity index is 803. The van der Waals surface area contributed by atoms with E-state index in [2.05, 4.69) is 21.4 Å². The summed E-state index contributed by atoms with van der Waals surface area (Å²) in [7, 11) is 0. The molecule has 3 N–H and O–H groups in total. The molecule has 1 heterocycles. The van der Waals surface area contributed by atoms with Crippen LogP contribution in [0.3, 0.4) is 0 Å². The molecule has 0 bridgehead atoms. The van der Waals surface area contributed by atoms with Crippen molar-refractivity contribution in [2.45, 2.75) is 6.04 Å². The van der Waals surface area contributed by atoms with Gasteiger partial charge in [-0.2, -0.15) is 0 Å². The molecule has 6 heteroatoms. The first kappa shape index (κ1) is 14.9. The number of benzene rings is 2. The largest absolute Gasteiger partial charge is 0.458 e. The van der Waals surface area contributed by atoms with Crippen LogP contribution in [0.4, 0.5) is 0 Å². The fraction of sp³-hybridized carbons (Fsp3) is 0.0667. The SMILES string of the molecule is NNC(c1cc2cccc(Br)c2o1)c1cc(Cl)ccc1Cl. The van der Waals surface area contributed by atoms with E-state index in [9.17, 15) is 0 Å². The highest BCUT2D eigenvalue weighted by atomic mass is 79.9. The molecule has 0 aliphatic heterocycles. The third-order valence-corrected chi connectivity index (χ3v) is 4.44. The molecule has 0 amide bonds. The van der Waals surface area contributed by atoms with E-state index >= 15 is 0 Å². The molecule has 1 aromatic heterocycles. The highest BCUT2D eigenvalue weighted by Crippen LogP contribution is 2.35. The fourth-order valence-corrected chi connectivity index (χ4v) is 3.12. The van der Waals surface area contributed by atoms with Gasteiger partial charge >= 0.3 is 0 Å². The van der Waals surface area contributed by atoms with E-state index < -0.39 is 0 Å². The van der Waals surface area contributed by atoms with Crippen LogP contribution < -0.4 is 11.3 Å². The van der Waals surface area contributed by atoms with Crippen molar-refractivity contribution in [1.82, 2.24) is 5.43 Å². The molecule has 21 heavy (non-hydrogen) atoms. The number of nitrogens with two attached hydrogens (primary N) is 1. The van der Waals surface area contributed by atoms with Crippen molar-refractivity contribution < 1.29 is 4.42 Å². The molecule has 2 aromatic carbocycles. The summed E-state index contributed by atoms with van der Waals surface area (Å²) < 4.78 is 6.80. The average molecular weight is 386 g/mol. The van der Waals surface area contributed by atoms with Crippen LogP contribution in [0.1, 0.15) is 17.4 Å². The van der Waals surface area contributed by atoms with Crippen molar-refractivity contribution in [3.63, 3.8) is 0 Å². The molecule has 3 nitrogen and oxygen atoms in total. The number of rotatable bonds is 3. The lowest BCUT2D eigenvalue weighted by molar-refractivity contribution is 0.476. The van der Waals surface area contributed by atoms with Crippen molar-refractivity contribution in [3.8, 4) is 0 Å². The maximum Gasteiger partial charge on any atom is 0.148 e. The van der Waals surface area contributed by atoms with Gasteiger partial charge in [0.05, 0.1) is 4.47 Å². The predicted molar refractivity (Wildman–Crippen MR) is 89.5 cm³/mol. The van der Waals surface area contributed by atoms with E-state index in [1.807, 2.05) is 24.3 Å². The Kier molecular flexibility index (Phi) is 4.24. The topological polar surface area (TPSA) is 51.2 Å². The molecule has 0 radical (unpaired) electrons. The summed E-state index contributed by atoms with van der Waals surface area (Å²) in [6.45, 7) is 0. The van der Waals surface area contributed by atoms with Crippen LogP contribution in [-0.4, -0.2) is 0 Å². The molecular formula is C15H11BrCl2N2O. The summed E-state index contributed by atoms with van der Waals surface area (Å²) in [5.41, 5.74) is 4.27. The number of fused-ring (bicyclic) bond motifs is 1. The summed E-state index contributed by atoms with van der Waals surface area (Å²) >= 11 is 15.8. The third-order valence-electron chi connectivity index (χ3n) is 3.24. The van der Waals surface area contributed by atoms with Crippen LogP contribution in [0.15, 0.2) is 51.4 Å². The smallest absolute Gasteiger partial charge is 0.148 e. The summed E-state index contributed by atoms with van der Waals surface area (Å²) in [6, 6.07) is 12.6. The number of nitrogens with one attached hydrogen (secondary N) is 1. The van der Waals surface area contributed by atoms with Crippen LogP contribution in [0.25, 0.3) is 11.0 Å². The summed E-state index contributed by atoms with van der Waals surface area (Å²) in [5.74, 6) is 6.36. The van der Waals surface area contributed by atoms with E-state index in [1.54, 1.807) is 18.2 Å². The van der Waals surface area contributed by atoms with Gasteiger partial charge in [-0.15, -0.1) is 0 Å². The number of hydrogen-bond acceptors (Lipinski definition) is 3. The molecule has 0 aliphatic carbocycles. The van der Waals surface area contributed by atoms with E-state index in [0.717, 1.165) is 21.0 Å². The highest BCUT2D eigenvalue weighted by molar-refractivity contribution is 9.10. The minimum atomic E-state index is -0.379. The van der Waals surface area contributed by atoms with Crippen molar-refractivity contribution in [2.75, 3.05) is 0 Å². The zero-order valence-corrected chi connectivity index (χ0v) is 13.8. The molecule has 3 rings (SSSR count). The standard InChI is InChI=1S/C15H11BrCl2N2O/c16-11-3-1-2-8-6-13(21-15(8)11)14(20-19)10-7-9(17)4-5-12(10)18/h1-7,14,20H,19H2. The molecule has 0 fully saturated rings. The van der Waals surface area contributed by atoms with Gasteiger partial charge in [-0.3, -0.25) is 5.84 Å². The average Bonchev–Trinajstić information content (AvgIpc) is 2.89. The van der Waals surface area contributed by atoms with Gasteiger partial charge in [0.15, 0.2) is 0 Å². The lowest BCUT2D eigenvalue weighted by atomic mass is 10.0. The van der Waals surface area contributed by atoms with Crippen molar-refractivity contribution in [3.05, 3.63) is 68.3 Å². The Morgan fingerprint density at radius 1 is 1.14 bits per heavy atom. The van der Waals surface area contributed by atoms with Crippen LogP contribution >= 0.6 is 39.1 Å². The quantitative estimate of drug-likeness (QED) is 0.489. The molecule has 0 aliphatic rings. The molecule has 108 valence electrons. The normalized spacial score (nSPS) is 12.8. The van der Waals surface area contributed by atoms with Gasteiger partial charge in [-0.05, 0) is 51.8 Å². The van der Waals surface area contributed by atoms with E-state index in [1.165, 1.54) is 0 Å². The number of hydrazine groups is 1. The molecule has 0 saturated heterocycles. The molecule has 3 aromatic rings. The van der Waals surface area contributed by atoms with Crippen LogP contribution in [0, 0.1) is 0 Å². The summed E-state index contributed by atoms with van der Waals surface area (Å²) in [4.78, 5) is 0. The lowest BCUT2D eigenvalue weighted by Gasteiger charge is -2.15. The maximum atomic E-state index is 6.24. The summed E-state index contributed by atoms with van der Waals surface area (Å²) in [5, 5.41) is 2.14. The van der Waals surface area contributed by atoms with Gasteiger partial charge in [0.25, 0.3) is 0 Å². The van der Waals surface area contributed by atoms with Crippen LogP contribution in [-0.2, 0) is 0 Å². The molecule has 1 atom stereocenters. The zero-order chi connectivity index (χ0) is 15.0. The molecular weight excluding hydrogens is 375 g/mol. The van der Waals surface area contributed by atoms with Gasteiger partial charge in [0.2, 0.25) is 0 Å². The first-order valence-corrected chi connectivity index (χ1v) is 7.74. The Balaban J connectivity index is 2.13. The predicted octanol–water partition coefficient (Wildman–Crippen LogP) is 5.05. The maximum absolute atomic E-state index is 6.24. The van der Waals surface area contributed by atoms with E-state index in [4.69, 9.17) is 33.5 Å². The molecule has 0 spiro atoms. The van der Waals surface area contributed by atoms with Crippen molar-refractivity contribution >= 4 is 50.1 Å². The number of halogens is 3.